The molecular weight excluding hydrogens is 184 g/mol. The Hall–Kier alpha value is -0.740. The first-order valence-electron chi connectivity index (χ1n) is 4.34. The van der Waals surface area contributed by atoms with Gasteiger partial charge in [0.2, 0.25) is 0 Å². The van der Waals surface area contributed by atoms with Crippen LogP contribution < -0.4 is 5.73 Å². The zero-order valence-corrected chi connectivity index (χ0v) is 8.67. The molecular formula is C9H14N2OS. The molecule has 0 aliphatic heterocycles. The lowest BCUT2D eigenvalue weighted by molar-refractivity contribution is 0.0930. The minimum atomic E-state index is -0.410. The minimum Gasteiger partial charge on any atom is -0.321 e. The number of nitrogens with zero attached hydrogens (tertiary/aromatic N) is 1. The predicted octanol–water partition coefficient (Wildman–Crippen LogP) is 1.70. The average Bonchev–Trinajstić information content (AvgIpc) is 2.67. The Labute approximate surface area is 82.0 Å². The van der Waals surface area contributed by atoms with Gasteiger partial charge in [-0.25, -0.2) is 4.98 Å². The highest BCUT2D eigenvalue weighted by molar-refractivity contribution is 7.07. The van der Waals surface area contributed by atoms with Crippen LogP contribution in [-0.4, -0.2) is 16.8 Å². The summed E-state index contributed by atoms with van der Waals surface area (Å²) >= 11 is 1.42. The van der Waals surface area contributed by atoms with Crippen molar-refractivity contribution in [3.63, 3.8) is 0 Å². The Morgan fingerprint density at radius 2 is 2.46 bits per heavy atom. The molecule has 2 N–H and O–H groups in total. The highest BCUT2D eigenvalue weighted by Gasteiger charge is 2.21. The lowest BCUT2D eigenvalue weighted by Crippen LogP contribution is -2.36. The number of thiazole rings is 1. The van der Waals surface area contributed by atoms with Crippen LogP contribution in [0, 0.1) is 5.92 Å². The smallest absolute Gasteiger partial charge is 0.198 e. The van der Waals surface area contributed by atoms with E-state index >= 15 is 0 Å². The number of Topliss-reactive ketones (excluding diaryl/α,β-unsaturated/α-hetero) is 1. The van der Waals surface area contributed by atoms with E-state index in [1.807, 2.05) is 13.8 Å². The summed E-state index contributed by atoms with van der Waals surface area (Å²) < 4.78 is 0. The number of nitrogens with two attached hydrogens (primary N) is 1. The fourth-order valence-electron chi connectivity index (χ4n) is 1.02. The Kier molecular flexibility index (Phi) is 3.57. The Balaban J connectivity index is 2.68. The lowest BCUT2D eigenvalue weighted by atomic mass is 9.95. The monoisotopic (exact) mass is 198 g/mol. The van der Waals surface area contributed by atoms with Crippen molar-refractivity contribution in [2.45, 2.75) is 26.3 Å². The van der Waals surface area contributed by atoms with E-state index in [1.165, 1.54) is 11.3 Å². The molecule has 2 atom stereocenters. The number of ketones is 1. The molecule has 1 aromatic rings. The molecule has 0 amide bonds. The van der Waals surface area contributed by atoms with Crippen molar-refractivity contribution < 1.29 is 4.79 Å². The van der Waals surface area contributed by atoms with Crippen molar-refractivity contribution in [2.75, 3.05) is 0 Å². The molecule has 0 aliphatic rings. The summed E-state index contributed by atoms with van der Waals surface area (Å²) in [5.74, 6) is 0.171. The summed E-state index contributed by atoms with van der Waals surface area (Å²) in [5, 5.41) is 1.74. The zero-order valence-electron chi connectivity index (χ0n) is 7.86. The molecule has 0 saturated carbocycles. The fourth-order valence-corrected chi connectivity index (χ4v) is 1.56. The molecule has 0 spiro atoms. The minimum absolute atomic E-state index is 0.0457. The van der Waals surface area contributed by atoms with Crippen molar-refractivity contribution in [1.29, 1.82) is 0 Å². The second kappa shape index (κ2) is 4.48. The zero-order chi connectivity index (χ0) is 9.84. The summed E-state index contributed by atoms with van der Waals surface area (Å²) in [6.45, 7) is 4.01. The second-order valence-electron chi connectivity index (χ2n) is 3.15. The fraction of sp³-hybridized carbons (Fsp3) is 0.556. The number of hydrogen-bond acceptors (Lipinski definition) is 4. The van der Waals surface area contributed by atoms with E-state index in [0.29, 0.717) is 5.69 Å². The summed E-state index contributed by atoms with van der Waals surface area (Å²) in [4.78, 5) is 15.6. The number of carbonyl (C=O) groups is 1. The first-order valence-corrected chi connectivity index (χ1v) is 5.29. The number of hydrogen-bond donors (Lipinski definition) is 1. The predicted molar refractivity (Wildman–Crippen MR) is 53.9 cm³/mol. The normalized spacial score (nSPS) is 15.3. The van der Waals surface area contributed by atoms with Gasteiger partial charge in [-0.15, -0.1) is 11.3 Å². The third-order valence-corrected chi connectivity index (χ3v) is 2.83. The molecule has 0 fully saturated rings. The van der Waals surface area contributed by atoms with Crippen molar-refractivity contribution in [1.82, 2.24) is 4.98 Å². The van der Waals surface area contributed by atoms with Gasteiger partial charge in [0.1, 0.15) is 5.69 Å². The summed E-state index contributed by atoms with van der Waals surface area (Å²) in [7, 11) is 0. The van der Waals surface area contributed by atoms with Gasteiger partial charge in [0.15, 0.2) is 5.78 Å². The third kappa shape index (κ3) is 2.35. The van der Waals surface area contributed by atoms with Crippen LogP contribution in [0.25, 0.3) is 0 Å². The second-order valence-corrected chi connectivity index (χ2v) is 3.87. The maximum Gasteiger partial charge on any atom is 0.198 e. The van der Waals surface area contributed by atoms with Gasteiger partial charge >= 0.3 is 0 Å². The largest absolute Gasteiger partial charge is 0.321 e. The molecule has 1 heterocycles. The lowest BCUT2D eigenvalue weighted by Gasteiger charge is -2.15. The highest BCUT2D eigenvalue weighted by atomic mass is 32.1. The summed E-state index contributed by atoms with van der Waals surface area (Å²) in [6, 6.07) is -0.410. The van der Waals surface area contributed by atoms with Crippen molar-refractivity contribution >= 4 is 17.1 Å². The Morgan fingerprint density at radius 3 is 2.92 bits per heavy atom. The van der Waals surface area contributed by atoms with Crippen molar-refractivity contribution in [2.24, 2.45) is 11.7 Å². The number of rotatable bonds is 4. The summed E-state index contributed by atoms with van der Waals surface area (Å²) in [5.41, 5.74) is 7.92. The maximum atomic E-state index is 11.6. The first-order chi connectivity index (χ1) is 6.16. The van der Waals surface area contributed by atoms with Crippen LogP contribution in [0.3, 0.4) is 0 Å². The average molecular weight is 198 g/mol. The van der Waals surface area contributed by atoms with Crippen LogP contribution in [0.15, 0.2) is 10.9 Å². The van der Waals surface area contributed by atoms with Crippen LogP contribution in [0.4, 0.5) is 0 Å². The highest BCUT2D eigenvalue weighted by Crippen LogP contribution is 2.11. The van der Waals surface area contributed by atoms with Crippen molar-refractivity contribution in [3.8, 4) is 0 Å². The molecule has 1 rings (SSSR count). The standard InChI is InChI=1S/C9H14N2OS/c1-3-6(2)8(10)9(12)7-4-13-5-11-7/h4-6,8H,3,10H2,1-2H3/t6-,8-/m0/s1. The Bertz CT molecular complexity index is 271. The van der Waals surface area contributed by atoms with E-state index in [9.17, 15) is 4.79 Å². The third-order valence-electron chi connectivity index (χ3n) is 2.24. The maximum absolute atomic E-state index is 11.6. The van der Waals surface area contributed by atoms with Gasteiger partial charge in [0.25, 0.3) is 0 Å². The van der Waals surface area contributed by atoms with Crippen LogP contribution in [0.5, 0.6) is 0 Å². The number of carbonyl (C=O) groups excluding carboxylic acids is 1. The van der Waals surface area contributed by atoms with Gasteiger partial charge in [-0.3, -0.25) is 4.79 Å². The van der Waals surface area contributed by atoms with Gasteiger partial charge in [-0.05, 0) is 5.92 Å². The molecule has 3 nitrogen and oxygen atoms in total. The van der Waals surface area contributed by atoms with E-state index in [0.717, 1.165) is 6.42 Å². The van der Waals surface area contributed by atoms with Gasteiger partial charge < -0.3 is 5.73 Å². The molecule has 13 heavy (non-hydrogen) atoms. The molecule has 72 valence electrons. The van der Waals surface area contributed by atoms with E-state index in [2.05, 4.69) is 4.98 Å². The van der Waals surface area contributed by atoms with Gasteiger partial charge in [0.05, 0.1) is 11.6 Å². The van der Waals surface area contributed by atoms with E-state index in [4.69, 9.17) is 5.73 Å². The SMILES string of the molecule is CC[C@H](C)[C@H](N)C(=O)c1cscn1. The van der Waals surface area contributed by atoms with Gasteiger partial charge in [-0.1, -0.05) is 20.3 Å². The number of aromatic nitrogens is 1. The van der Waals surface area contributed by atoms with Crippen LogP contribution in [-0.2, 0) is 0 Å². The van der Waals surface area contributed by atoms with Crippen LogP contribution in [0.2, 0.25) is 0 Å². The molecule has 0 aliphatic carbocycles. The first kappa shape index (κ1) is 10.3. The Morgan fingerprint density at radius 1 is 1.77 bits per heavy atom. The summed E-state index contributed by atoms with van der Waals surface area (Å²) in [6.07, 6.45) is 0.914. The van der Waals surface area contributed by atoms with Crippen molar-refractivity contribution in [3.05, 3.63) is 16.6 Å². The molecule has 0 radical (unpaired) electrons. The van der Waals surface area contributed by atoms with E-state index in [-0.39, 0.29) is 11.7 Å². The molecule has 0 unspecified atom stereocenters. The van der Waals surface area contributed by atoms with Crippen LogP contribution >= 0.6 is 11.3 Å². The van der Waals surface area contributed by atoms with E-state index < -0.39 is 6.04 Å². The van der Waals surface area contributed by atoms with E-state index in [1.54, 1.807) is 10.9 Å². The molecule has 1 aromatic heterocycles. The molecule has 0 saturated heterocycles. The molecule has 0 aromatic carbocycles. The molecule has 0 bridgehead atoms. The van der Waals surface area contributed by atoms with Crippen LogP contribution in [0.1, 0.15) is 30.8 Å². The molecule has 4 heteroatoms. The van der Waals surface area contributed by atoms with Gasteiger partial charge in [0, 0.05) is 5.38 Å². The topological polar surface area (TPSA) is 56.0 Å². The van der Waals surface area contributed by atoms with Gasteiger partial charge in [-0.2, -0.15) is 0 Å². The quantitative estimate of drug-likeness (QED) is 0.749.